The molecule has 0 aliphatic carbocycles. The molecule has 2 aromatic carbocycles. The van der Waals surface area contributed by atoms with Crippen LogP contribution in [0.3, 0.4) is 0 Å². The molecule has 0 spiro atoms. The van der Waals surface area contributed by atoms with E-state index in [1.807, 2.05) is 0 Å². The number of nitrogens with one attached hydrogen (secondary N) is 1. The normalized spacial score (nSPS) is 10.2. The summed E-state index contributed by atoms with van der Waals surface area (Å²) < 4.78 is 10.00. The van der Waals surface area contributed by atoms with Crippen molar-refractivity contribution in [3.63, 3.8) is 0 Å². The van der Waals surface area contributed by atoms with Gasteiger partial charge in [0.1, 0.15) is 5.75 Å². The lowest BCUT2D eigenvalue weighted by molar-refractivity contribution is -0.149. The van der Waals surface area contributed by atoms with E-state index < -0.39 is 31.0 Å². The summed E-state index contributed by atoms with van der Waals surface area (Å²) in [6.07, 6.45) is 0. The Hall–Kier alpha value is -2.48. The number of esters is 1. The van der Waals surface area contributed by atoms with E-state index in [4.69, 9.17) is 50.0 Å². The molecule has 142 valence electrons. The van der Waals surface area contributed by atoms with Crippen LogP contribution in [0.1, 0.15) is 10.4 Å². The summed E-state index contributed by atoms with van der Waals surface area (Å²) in [6, 6.07) is 8.65. The van der Waals surface area contributed by atoms with Crippen LogP contribution in [0, 0.1) is 0 Å². The van der Waals surface area contributed by atoms with E-state index in [1.165, 1.54) is 36.4 Å². The Labute approximate surface area is 169 Å². The molecule has 0 bridgehead atoms. The van der Waals surface area contributed by atoms with E-state index in [9.17, 15) is 14.4 Å². The molecule has 27 heavy (non-hydrogen) atoms. The van der Waals surface area contributed by atoms with E-state index in [0.717, 1.165) is 0 Å². The third kappa shape index (κ3) is 6.32. The number of primary amides is 1. The standard InChI is InChI=1S/C17H13Cl3N2O5/c18-11-5-13(20)14(6-12(11)19)26-8-16(24)27-7-15(23)22-10-3-1-9(2-4-10)17(21)25/h1-6H,7-8H2,(H2,21,25)(H,22,23). The number of rotatable bonds is 7. The minimum absolute atomic E-state index is 0.155. The maximum absolute atomic E-state index is 11.8. The number of benzene rings is 2. The molecule has 0 atom stereocenters. The average molecular weight is 432 g/mol. The molecule has 2 rings (SSSR count). The van der Waals surface area contributed by atoms with Gasteiger partial charge in [-0.3, -0.25) is 9.59 Å². The zero-order chi connectivity index (χ0) is 20.0. The fourth-order valence-corrected chi connectivity index (χ4v) is 2.45. The molecular weight excluding hydrogens is 419 g/mol. The molecule has 2 aromatic rings. The van der Waals surface area contributed by atoms with Gasteiger partial charge in [0.2, 0.25) is 5.91 Å². The Balaban J connectivity index is 1.78. The first-order valence-electron chi connectivity index (χ1n) is 7.39. The van der Waals surface area contributed by atoms with E-state index in [2.05, 4.69) is 5.32 Å². The van der Waals surface area contributed by atoms with Gasteiger partial charge in [0, 0.05) is 17.3 Å². The molecule has 0 radical (unpaired) electrons. The molecule has 3 N–H and O–H groups in total. The first-order valence-corrected chi connectivity index (χ1v) is 8.52. The summed E-state index contributed by atoms with van der Waals surface area (Å²) in [7, 11) is 0. The molecule has 2 amide bonds. The lowest BCUT2D eigenvalue weighted by atomic mass is 10.2. The lowest BCUT2D eigenvalue weighted by Crippen LogP contribution is -2.23. The molecule has 0 aromatic heterocycles. The number of hydrogen-bond donors (Lipinski definition) is 2. The second kappa shape index (κ2) is 9.45. The summed E-state index contributed by atoms with van der Waals surface area (Å²) in [6.45, 7) is -0.993. The van der Waals surface area contributed by atoms with Crippen molar-refractivity contribution < 1.29 is 23.9 Å². The van der Waals surface area contributed by atoms with E-state index in [-0.39, 0.29) is 20.8 Å². The summed E-state index contributed by atoms with van der Waals surface area (Å²) in [4.78, 5) is 34.4. The minimum atomic E-state index is -0.781. The monoisotopic (exact) mass is 430 g/mol. The van der Waals surface area contributed by atoms with Gasteiger partial charge in [0.05, 0.1) is 15.1 Å². The summed E-state index contributed by atoms with van der Waals surface area (Å²) >= 11 is 17.6. The first-order chi connectivity index (χ1) is 12.8. The van der Waals surface area contributed by atoms with Gasteiger partial charge in [0.25, 0.3) is 5.91 Å². The SMILES string of the molecule is NC(=O)c1ccc(NC(=O)COC(=O)COc2cc(Cl)c(Cl)cc2Cl)cc1. The first kappa shape index (κ1) is 20.8. The van der Waals surface area contributed by atoms with Crippen LogP contribution in [0.15, 0.2) is 36.4 Å². The predicted molar refractivity (Wildman–Crippen MR) is 102 cm³/mol. The Morgan fingerprint density at radius 2 is 1.56 bits per heavy atom. The highest BCUT2D eigenvalue weighted by atomic mass is 35.5. The lowest BCUT2D eigenvalue weighted by Gasteiger charge is -2.10. The van der Waals surface area contributed by atoms with Crippen molar-refractivity contribution in [2.75, 3.05) is 18.5 Å². The highest BCUT2D eigenvalue weighted by molar-refractivity contribution is 6.43. The van der Waals surface area contributed by atoms with Gasteiger partial charge in [-0.05, 0) is 30.3 Å². The zero-order valence-corrected chi connectivity index (χ0v) is 15.9. The quantitative estimate of drug-likeness (QED) is 0.516. The smallest absolute Gasteiger partial charge is 0.344 e. The zero-order valence-electron chi connectivity index (χ0n) is 13.6. The fraction of sp³-hybridized carbons (Fsp3) is 0.118. The van der Waals surface area contributed by atoms with Crippen LogP contribution in [-0.4, -0.2) is 31.0 Å². The molecular formula is C17H13Cl3N2O5. The summed E-state index contributed by atoms with van der Waals surface area (Å²) in [5, 5.41) is 3.13. The molecule has 0 unspecified atom stereocenters. The second-order valence-corrected chi connectivity index (χ2v) is 6.36. The second-order valence-electron chi connectivity index (χ2n) is 5.14. The fourth-order valence-electron chi connectivity index (χ4n) is 1.85. The van der Waals surface area contributed by atoms with Gasteiger partial charge in [-0.25, -0.2) is 4.79 Å². The van der Waals surface area contributed by atoms with Crippen molar-refractivity contribution in [2.24, 2.45) is 5.73 Å². The van der Waals surface area contributed by atoms with Crippen LogP contribution in [0.25, 0.3) is 0 Å². The molecule has 7 nitrogen and oxygen atoms in total. The van der Waals surface area contributed by atoms with Crippen molar-refractivity contribution in [1.82, 2.24) is 0 Å². The molecule has 0 fully saturated rings. The van der Waals surface area contributed by atoms with Crippen LogP contribution in [0.5, 0.6) is 5.75 Å². The number of carbonyl (C=O) groups is 3. The van der Waals surface area contributed by atoms with Gasteiger partial charge in [0.15, 0.2) is 13.2 Å². The molecule has 0 aliphatic rings. The van der Waals surface area contributed by atoms with Crippen LogP contribution >= 0.6 is 34.8 Å². The number of amides is 2. The van der Waals surface area contributed by atoms with Gasteiger partial charge < -0.3 is 20.5 Å². The minimum Gasteiger partial charge on any atom is -0.480 e. The van der Waals surface area contributed by atoms with Gasteiger partial charge in [-0.1, -0.05) is 34.8 Å². The van der Waals surface area contributed by atoms with Crippen LogP contribution < -0.4 is 15.8 Å². The maximum Gasteiger partial charge on any atom is 0.344 e. The number of carbonyl (C=O) groups excluding carboxylic acids is 3. The van der Waals surface area contributed by atoms with Crippen LogP contribution in [-0.2, 0) is 14.3 Å². The Morgan fingerprint density at radius 3 is 2.19 bits per heavy atom. The number of nitrogens with two attached hydrogens (primary N) is 1. The molecule has 0 saturated carbocycles. The molecule has 0 heterocycles. The van der Waals surface area contributed by atoms with E-state index in [1.54, 1.807) is 0 Å². The topological polar surface area (TPSA) is 108 Å². The highest BCUT2D eigenvalue weighted by Crippen LogP contribution is 2.33. The van der Waals surface area contributed by atoms with Crippen LogP contribution in [0.2, 0.25) is 15.1 Å². The largest absolute Gasteiger partial charge is 0.480 e. The van der Waals surface area contributed by atoms with E-state index >= 15 is 0 Å². The number of hydrogen-bond acceptors (Lipinski definition) is 5. The summed E-state index contributed by atoms with van der Waals surface area (Å²) in [5.74, 6) is -1.77. The maximum atomic E-state index is 11.8. The molecule has 0 aliphatic heterocycles. The number of anilines is 1. The number of halogens is 3. The Bertz CT molecular complexity index is 872. The highest BCUT2D eigenvalue weighted by Gasteiger charge is 2.12. The third-order valence-corrected chi connectivity index (χ3v) is 4.16. The van der Waals surface area contributed by atoms with Gasteiger partial charge in [-0.2, -0.15) is 0 Å². The predicted octanol–water partition coefficient (Wildman–Crippen LogP) is 3.31. The van der Waals surface area contributed by atoms with Crippen molar-refractivity contribution in [3.8, 4) is 5.75 Å². The van der Waals surface area contributed by atoms with Gasteiger partial charge >= 0.3 is 5.97 Å². The van der Waals surface area contributed by atoms with Crippen molar-refractivity contribution in [1.29, 1.82) is 0 Å². The summed E-state index contributed by atoms with van der Waals surface area (Å²) in [5.41, 5.74) is 5.84. The Kier molecular flexibility index (Phi) is 7.29. The molecule has 0 saturated heterocycles. The van der Waals surface area contributed by atoms with Gasteiger partial charge in [-0.15, -0.1) is 0 Å². The Morgan fingerprint density at radius 1 is 0.926 bits per heavy atom. The van der Waals surface area contributed by atoms with Crippen molar-refractivity contribution in [2.45, 2.75) is 0 Å². The average Bonchev–Trinajstić information content (AvgIpc) is 2.62. The van der Waals surface area contributed by atoms with E-state index in [0.29, 0.717) is 11.3 Å². The third-order valence-electron chi connectivity index (χ3n) is 3.14. The van der Waals surface area contributed by atoms with Crippen molar-refractivity contribution in [3.05, 3.63) is 57.0 Å². The molecule has 10 heteroatoms. The van der Waals surface area contributed by atoms with Crippen LogP contribution in [0.4, 0.5) is 5.69 Å². The van der Waals surface area contributed by atoms with Crippen molar-refractivity contribution >= 4 is 58.3 Å². The number of ether oxygens (including phenoxy) is 2.